The van der Waals surface area contributed by atoms with Gasteiger partial charge in [-0.2, -0.15) is 8.78 Å². The monoisotopic (exact) mass is 411 g/mol. The first kappa shape index (κ1) is 21.3. The van der Waals surface area contributed by atoms with E-state index in [1.165, 1.54) is 6.07 Å². The topological polar surface area (TPSA) is 47.6 Å². The molecule has 156 valence electrons. The molecule has 0 aliphatic heterocycles. The number of ether oxygens (including phenoxy) is 2. The number of methoxy groups -OCH3 is 1. The number of carbonyl (C=O) groups is 1. The molecule has 0 saturated heterocycles. The van der Waals surface area contributed by atoms with E-state index in [2.05, 4.69) is 10.1 Å². The van der Waals surface area contributed by atoms with E-state index in [1.54, 1.807) is 19.2 Å². The number of aryl methyl sites for hydroxylation is 1. The quantitative estimate of drug-likeness (QED) is 0.509. The summed E-state index contributed by atoms with van der Waals surface area (Å²) in [7, 11) is 1.60. The van der Waals surface area contributed by atoms with Gasteiger partial charge in [-0.3, -0.25) is 4.79 Å². The number of hydrogen-bond acceptors (Lipinski definition) is 3. The minimum absolute atomic E-state index is 0.102. The second-order valence-corrected chi connectivity index (χ2v) is 6.76. The number of alkyl halides is 2. The molecule has 6 heteroatoms. The summed E-state index contributed by atoms with van der Waals surface area (Å²) in [4.78, 5) is 12.4. The van der Waals surface area contributed by atoms with E-state index in [1.807, 2.05) is 54.6 Å². The van der Waals surface area contributed by atoms with Crippen LogP contribution in [0.4, 0.5) is 14.5 Å². The fraction of sp³-hybridized carbons (Fsp3) is 0.208. The maximum atomic E-state index is 12.8. The van der Waals surface area contributed by atoms with E-state index in [9.17, 15) is 13.6 Å². The minimum Gasteiger partial charge on any atom is -0.497 e. The van der Waals surface area contributed by atoms with E-state index in [0.29, 0.717) is 30.5 Å². The van der Waals surface area contributed by atoms with Crippen LogP contribution in [0.15, 0.2) is 72.8 Å². The van der Waals surface area contributed by atoms with E-state index < -0.39 is 6.61 Å². The molecule has 0 unspecified atom stereocenters. The van der Waals surface area contributed by atoms with Crippen LogP contribution in [0, 0.1) is 0 Å². The zero-order chi connectivity index (χ0) is 21.3. The SMILES string of the molecule is COc1ccc(CCC(=O)Nc2ccc(OC(F)F)c(Cc3ccccc3)c2)cc1. The Labute approximate surface area is 174 Å². The summed E-state index contributed by atoms with van der Waals surface area (Å²) in [6.07, 6.45) is 1.30. The lowest BCUT2D eigenvalue weighted by Gasteiger charge is -2.13. The molecule has 3 rings (SSSR count). The molecule has 0 heterocycles. The summed E-state index contributed by atoms with van der Waals surface area (Å²) in [5.74, 6) is 0.712. The van der Waals surface area contributed by atoms with Gasteiger partial charge in [0.05, 0.1) is 7.11 Å². The maximum Gasteiger partial charge on any atom is 0.387 e. The molecule has 3 aromatic carbocycles. The third-order valence-corrected chi connectivity index (χ3v) is 4.60. The van der Waals surface area contributed by atoms with Crippen molar-refractivity contribution >= 4 is 11.6 Å². The number of benzene rings is 3. The van der Waals surface area contributed by atoms with Crippen LogP contribution in [-0.2, 0) is 17.6 Å². The number of rotatable bonds is 9. The van der Waals surface area contributed by atoms with Gasteiger partial charge in [0, 0.05) is 24.1 Å². The Balaban J connectivity index is 1.66. The van der Waals surface area contributed by atoms with Gasteiger partial charge in [0.15, 0.2) is 0 Å². The van der Waals surface area contributed by atoms with Crippen molar-refractivity contribution in [1.29, 1.82) is 0 Å². The molecule has 1 amide bonds. The van der Waals surface area contributed by atoms with E-state index in [-0.39, 0.29) is 11.7 Å². The van der Waals surface area contributed by atoms with Gasteiger partial charge < -0.3 is 14.8 Å². The largest absolute Gasteiger partial charge is 0.497 e. The molecule has 4 nitrogen and oxygen atoms in total. The molecule has 0 aromatic heterocycles. The summed E-state index contributed by atoms with van der Waals surface area (Å²) >= 11 is 0. The van der Waals surface area contributed by atoms with Crippen molar-refractivity contribution < 1.29 is 23.0 Å². The van der Waals surface area contributed by atoms with E-state index in [4.69, 9.17) is 4.74 Å². The van der Waals surface area contributed by atoms with Gasteiger partial charge in [-0.15, -0.1) is 0 Å². The first-order valence-corrected chi connectivity index (χ1v) is 9.58. The second kappa shape index (κ2) is 10.4. The number of nitrogens with one attached hydrogen (secondary N) is 1. The second-order valence-electron chi connectivity index (χ2n) is 6.76. The Bertz CT molecular complexity index is 960. The van der Waals surface area contributed by atoms with Crippen molar-refractivity contribution in [3.05, 3.63) is 89.5 Å². The van der Waals surface area contributed by atoms with Crippen molar-refractivity contribution in [3.63, 3.8) is 0 Å². The van der Waals surface area contributed by atoms with Gasteiger partial charge in [-0.05, 0) is 47.9 Å². The van der Waals surface area contributed by atoms with Crippen LogP contribution in [0.3, 0.4) is 0 Å². The number of amides is 1. The molecule has 30 heavy (non-hydrogen) atoms. The van der Waals surface area contributed by atoms with Gasteiger partial charge in [-0.25, -0.2) is 0 Å². The molecule has 1 N–H and O–H groups in total. The molecular formula is C24H23F2NO3. The lowest BCUT2D eigenvalue weighted by atomic mass is 10.0. The first-order valence-electron chi connectivity index (χ1n) is 9.58. The highest BCUT2D eigenvalue weighted by atomic mass is 19.3. The van der Waals surface area contributed by atoms with Crippen LogP contribution in [0.25, 0.3) is 0 Å². The van der Waals surface area contributed by atoms with Gasteiger partial charge in [0.25, 0.3) is 0 Å². The standard InChI is InChI=1S/C24H23F2NO3/c1-29-21-11-7-17(8-12-21)9-14-23(28)27-20-10-13-22(30-24(25)26)19(16-20)15-18-5-3-2-4-6-18/h2-8,10-13,16,24H,9,14-15H2,1H3,(H,27,28). The summed E-state index contributed by atoms with van der Waals surface area (Å²) in [5, 5.41) is 2.83. The van der Waals surface area contributed by atoms with Crippen LogP contribution in [0.5, 0.6) is 11.5 Å². The number of anilines is 1. The maximum absolute atomic E-state index is 12.8. The number of halogens is 2. The van der Waals surface area contributed by atoms with Gasteiger partial charge in [0.2, 0.25) is 5.91 Å². The molecule has 0 fully saturated rings. The summed E-state index contributed by atoms with van der Waals surface area (Å²) in [6, 6.07) is 21.7. The summed E-state index contributed by atoms with van der Waals surface area (Å²) in [6.45, 7) is -2.91. The average molecular weight is 411 g/mol. The summed E-state index contributed by atoms with van der Waals surface area (Å²) < 4.78 is 35.3. The molecule has 0 saturated carbocycles. The average Bonchev–Trinajstić information content (AvgIpc) is 2.75. The third-order valence-electron chi connectivity index (χ3n) is 4.60. The molecule has 0 spiro atoms. The fourth-order valence-electron chi connectivity index (χ4n) is 3.10. The van der Waals surface area contributed by atoms with Crippen molar-refractivity contribution in [3.8, 4) is 11.5 Å². The first-order chi connectivity index (χ1) is 14.5. The lowest BCUT2D eigenvalue weighted by molar-refractivity contribution is -0.116. The van der Waals surface area contributed by atoms with E-state index in [0.717, 1.165) is 16.9 Å². The number of carbonyl (C=O) groups excluding carboxylic acids is 1. The van der Waals surface area contributed by atoms with Gasteiger partial charge in [0.1, 0.15) is 11.5 Å². The van der Waals surface area contributed by atoms with Crippen LogP contribution >= 0.6 is 0 Å². The zero-order valence-electron chi connectivity index (χ0n) is 16.6. The lowest BCUT2D eigenvalue weighted by Crippen LogP contribution is -2.13. The van der Waals surface area contributed by atoms with Crippen molar-refractivity contribution in [2.24, 2.45) is 0 Å². The van der Waals surface area contributed by atoms with Gasteiger partial charge >= 0.3 is 6.61 Å². The van der Waals surface area contributed by atoms with Crippen LogP contribution in [0.2, 0.25) is 0 Å². The zero-order valence-corrected chi connectivity index (χ0v) is 16.6. The fourth-order valence-corrected chi connectivity index (χ4v) is 3.10. The van der Waals surface area contributed by atoms with Gasteiger partial charge in [-0.1, -0.05) is 42.5 Å². The third kappa shape index (κ3) is 6.30. The Morgan fingerprint density at radius 3 is 2.37 bits per heavy atom. The Morgan fingerprint density at radius 1 is 0.967 bits per heavy atom. The minimum atomic E-state index is -2.91. The Kier molecular flexibility index (Phi) is 7.38. The highest BCUT2D eigenvalue weighted by Gasteiger charge is 2.12. The van der Waals surface area contributed by atoms with Crippen molar-refractivity contribution in [1.82, 2.24) is 0 Å². The molecule has 0 aliphatic rings. The highest BCUT2D eigenvalue weighted by Crippen LogP contribution is 2.27. The smallest absolute Gasteiger partial charge is 0.387 e. The molecule has 0 aliphatic carbocycles. The predicted octanol–water partition coefficient (Wildman–Crippen LogP) is 5.46. The van der Waals surface area contributed by atoms with Crippen molar-refractivity contribution in [2.75, 3.05) is 12.4 Å². The molecule has 0 bridgehead atoms. The molecule has 0 radical (unpaired) electrons. The highest BCUT2D eigenvalue weighted by molar-refractivity contribution is 5.91. The molecule has 3 aromatic rings. The summed E-state index contributed by atoms with van der Waals surface area (Å²) in [5.41, 5.74) is 3.10. The molecule has 0 atom stereocenters. The van der Waals surface area contributed by atoms with Crippen LogP contribution < -0.4 is 14.8 Å². The predicted molar refractivity (Wildman–Crippen MR) is 112 cm³/mol. The van der Waals surface area contributed by atoms with Crippen LogP contribution in [-0.4, -0.2) is 19.6 Å². The Hall–Kier alpha value is -3.41. The number of hydrogen-bond donors (Lipinski definition) is 1. The van der Waals surface area contributed by atoms with Crippen molar-refractivity contribution in [2.45, 2.75) is 25.9 Å². The Morgan fingerprint density at radius 2 is 1.70 bits per heavy atom. The van der Waals surface area contributed by atoms with E-state index >= 15 is 0 Å². The molecular weight excluding hydrogens is 388 g/mol. The normalized spacial score (nSPS) is 10.7. The van der Waals surface area contributed by atoms with Crippen LogP contribution in [0.1, 0.15) is 23.1 Å².